The van der Waals surface area contributed by atoms with E-state index in [2.05, 4.69) is 15.8 Å². The molecular formula is C26H25Cl2N3O5. The van der Waals surface area contributed by atoms with Crippen LogP contribution in [-0.2, 0) is 4.79 Å². The normalized spacial score (nSPS) is 10.7. The fourth-order valence-corrected chi connectivity index (χ4v) is 3.38. The Kier molecular flexibility index (Phi) is 9.97. The third kappa shape index (κ3) is 7.90. The van der Waals surface area contributed by atoms with Crippen molar-refractivity contribution in [2.45, 2.75) is 13.8 Å². The first-order chi connectivity index (χ1) is 17.4. The topological polar surface area (TPSA) is 98.3 Å². The predicted molar refractivity (Wildman–Crippen MR) is 141 cm³/mol. The summed E-state index contributed by atoms with van der Waals surface area (Å²) in [5.41, 5.74) is 4.07. The number of hydrogen-bond donors (Lipinski definition) is 2. The van der Waals surface area contributed by atoms with Crippen molar-refractivity contribution in [3.05, 3.63) is 81.8 Å². The number of hydrogen-bond acceptors (Lipinski definition) is 6. The molecule has 0 saturated carbocycles. The summed E-state index contributed by atoms with van der Waals surface area (Å²) < 4.78 is 16.6. The van der Waals surface area contributed by atoms with E-state index < -0.39 is 5.91 Å². The second-order valence-electron chi connectivity index (χ2n) is 7.26. The molecule has 8 nitrogen and oxygen atoms in total. The number of nitrogens with one attached hydrogen (secondary N) is 2. The molecule has 0 aliphatic carbocycles. The van der Waals surface area contributed by atoms with Crippen LogP contribution in [0.3, 0.4) is 0 Å². The first-order valence-corrected chi connectivity index (χ1v) is 11.9. The fraction of sp³-hybridized carbons (Fsp3) is 0.192. The van der Waals surface area contributed by atoms with Crippen molar-refractivity contribution in [1.82, 2.24) is 5.43 Å². The molecule has 0 aliphatic rings. The Bertz CT molecular complexity index is 1230. The molecule has 0 fully saturated rings. The Balaban J connectivity index is 1.54. The summed E-state index contributed by atoms with van der Waals surface area (Å²) in [4.78, 5) is 24.6. The highest BCUT2D eigenvalue weighted by Crippen LogP contribution is 2.28. The van der Waals surface area contributed by atoms with Gasteiger partial charge in [-0.25, -0.2) is 5.43 Å². The van der Waals surface area contributed by atoms with Gasteiger partial charge in [0, 0.05) is 16.3 Å². The predicted octanol–water partition coefficient (Wildman–Crippen LogP) is 5.57. The molecule has 10 heteroatoms. The van der Waals surface area contributed by atoms with Crippen molar-refractivity contribution in [2.75, 3.05) is 25.1 Å². The van der Waals surface area contributed by atoms with E-state index in [-0.39, 0.29) is 17.5 Å². The summed E-state index contributed by atoms with van der Waals surface area (Å²) in [7, 11) is 0. The van der Waals surface area contributed by atoms with Crippen molar-refractivity contribution >= 4 is 46.9 Å². The molecule has 0 unspecified atom stereocenters. The van der Waals surface area contributed by atoms with Gasteiger partial charge in [0.15, 0.2) is 18.1 Å². The molecule has 0 aliphatic heterocycles. The van der Waals surface area contributed by atoms with E-state index in [1.165, 1.54) is 6.21 Å². The van der Waals surface area contributed by atoms with Gasteiger partial charge in [0.1, 0.15) is 5.75 Å². The highest BCUT2D eigenvalue weighted by Gasteiger charge is 2.11. The van der Waals surface area contributed by atoms with E-state index in [4.69, 9.17) is 37.4 Å². The molecule has 3 aromatic carbocycles. The number of halogens is 2. The van der Waals surface area contributed by atoms with Gasteiger partial charge in [-0.15, -0.1) is 0 Å². The van der Waals surface area contributed by atoms with Crippen LogP contribution in [0.15, 0.2) is 65.8 Å². The molecule has 188 valence electrons. The summed E-state index contributed by atoms with van der Waals surface area (Å²) in [5.74, 6) is 0.637. The number of benzene rings is 3. The van der Waals surface area contributed by atoms with E-state index in [1.54, 1.807) is 60.7 Å². The fourth-order valence-electron chi connectivity index (χ4n) is 3.01. The molecule has 2 N–H and O–H groups in total. The molecule has 0 atom stereocenters. The Morgan fingerprint density at radius 3 is 2.25 bits per heavy atom. The Morgan fingerprint density at radius 1 is 0.861 bits per heavy atom. The molecule has 3 aromatic rings. The van der Waals surface area contributed by atoms with E-state index in [9.17, 15) is 9.59 Å². The van der Waals surface area contributed by atoms with Crippen LogP contribution in [0.5, 0.6) is 17.2 Å². The SMILES string of the molecule is CCOc1ccc(C(=O)N/N=C/c2ccc(OCC(=O)Nc3ccc(Cl)cc3)c(Cl)c2)cc1OCC. The van der Waals surface area contributed by atoms with E-state index in [0.717, 1.165) is 0 Å². The highest BCUT2D eigenvalue weighted by atomic mass is 35.5. The van der Waals surface area contributed by atoms with Crippen LogP contribution in [0.25, 0.3) is 0 Å². The van der Waals surface area contributed by atoms with Crippen molar-refractivity contribution < 1.29 is 23.8 Å². The maximum Gasteiger partial charge on any atom is 0.271 e. The first-order valence-electron chi connectivity index (χ1n) is 11.1. The molecule has 0 aromatic heterocycles. The van der Waals surface area contributed by atoms with Crippen molar-refractivity contribution in [3.63, 3.8) is 0 Å². The Labute approximate surface area is 219 Å². The second-order valence-corrected chi connectivity index (χ2v) is 8.10. The standard InChI is InChI=1S/C26H25Cl2N3O5/c1-3-34-23-12-6-18(14-24(23)35-4-2)26(33)31-29-15-17-5-11-22(21(28)13-17)36-16-25(32)30-20-9-7-19(27)8-10-20/h5-15H,3-4,16H2,1-2H3,(H,30,32)(H,31,33)/b29-15+. The molecule has 0 bridgehead atoms. The van der Waals surface area contributed by atoms with Gasteiger partial charge in [0.05, 0.1) is 24.5 Å². The van der Waals surface area contributed by atoms with Crippen LogP contribution in [0.2, 0.25) is 10.0 Å². The molecule has 0 heterocycles. The van der Waals surface area contributed by atoms with Crippen LogP contribution in [0, 0.1) is 0 Å². The lowest BCUT2D eigenvalue weighted by atomic mass is 10.2. The van der Waals surface area contributed by atoms with Crippen LogP contribution in [-0.4, -0.2) is 37.8 Å². The molecule has 0 radical (unpaired) electrons. The van der Waals surface area contributed by atoms with Crippen LogP contribution in [0.1, 0.15) is 29.8 Å². The van der Waals surface area contributed by atoms with Crippen LogP contribution < -0.4 is 25.0 Å². The van der Waals surface area contributed by atoms with Crippen molar-refractivity contribution in [2.24, 2.45) is 5.10 Å². The molecule has 36 heavy (non-hydrogen) atoms. The number of ether oxygens (including phenoxy) is 3. The van der Waals surface area contributed by atoms with Gasteiger partial charge in [-0.05, 0) is 80.1 Å². The number of carbonyl (C=O) groups excluding carboxylic acids is 2. The summed E-state index contributed by atoms with van der Waals surface area (Å²) >= 11 is 12.1. The summed E-state index contributed by atoms with van der Waals surface area (Å²) in [6, 6.07) is 16.6. The second kappa shape index (κ2) is 13.4. The van der Waals surface area contributed by atoms with Crippen LogP contribution >= 0.6 is 23.2 Å². The molecular weight excluding hydrogens is 505 g/mol. The molecule has 3 rings (SSSR count). The lowest BCUT2D eigenvalue weighted by Crippen LogP contribution is -2.20. The number of carbonyl (C=O) groups is 2. The van der Waals surface area contributed by atoms with Gasteiger partial charge in [-0.3, -0.25) is 9.59 Å². The summed E-state index contributed by atoms with van der Waals surface area (Å²) in [5, 5.41) is 7.55. The maximum absolute atomic E-state index is 12.5. The number of amides is 2. The van der Waals surface area contributed by atoms with Gasteiger partial charge >= 0.3 is 0 Å². The first kappa shape index (κ1) is 26.8. The van der Waals surface area contributed by atoms with Gasteiger partial charge in [0.25, 0.3) is 11.8 Å². The maximum atomic E-state index is 12.5. The Morgan fingerprint density at radius 2 is 1.56 bits per heavy atom. The quantitative estimate of drug-likeness (QED) is 0.250. The third-order valence-electron chi connectivity index (χ3n) is 4.63. The largest absolute Gasteiger partial charge is 0.490 e. The zero-order chi connectivity index (χ0) is 25.9. The zero-order valence-corrected chi connectivity index (χ0v) is 21.2. The molecule has 0 spiro atoms. The third-order valence-corrected chi connectivity index (χ3v) is 5.18. The smallest absolute Gasteiger partial charge is 0.271 e. The molecule has 0 saturated heterocycles. The minimum Gasteiger partial charge on any atom is -0.490 e. The van der Waals surface area contributed by atoms with E-state index in [1.807, 2.05) is 13.8 Å². The number of anilines is 1. The van der Waals surface area contributed by atoms with Gasteiger partial charge in [0.2, 0.25) is 0 Å². The average Bonchev–Trinajstić information content (AvgIpc) is 2.86. The lowest BCUT2D eigenvalue weighted by Gasteiger charge is -2.11. The van der Waals surface area contributed by atoms with Gasteiger partial charge in [-0.1, -0.05) is 23.2 Å². The minimum absolute atomic E-state index is 0.225. The number of rotatable bonds is 11. The van der Waals surface area contributed by atoms with Crippen LogP contribution in [0.4, 0.5) is 5.69 Å². The van der Waals surface area contributed by atoms with E-state index >= 15 is 0 Å². The molecule has 2 amide bonds. The van der Waals surface area contributed by atoms with Gasteiger partial charge < -0.3 is 19.5 Å². The zero-order valence-electron chi connectivity index (χ0n) is 19.7. The number of nitrogens with zero attached hydrogens (tertiary/aromatic N) is 1. The monoisotopic (exact) mass is 529 g/mol. The van der Waals surface area contributed by atoms with E-state index in [0.29, 0.717) is 52.3 Å². The number of hydrazone groups is 1. The summed E-state index contributed by atoms with van der Waals surface area (Å²) in [6.07, 6.45) is 1.44. The highest BCUT2D eigenvalue weighted by molar-refractivity contribution is 6.32. The average molecular weight is 530 g/mol. The lowest BCUT2D eigenvalue weighted by molar-refractivity contribution is -0.118. The van der Waals surface area contributed by atoms with Gasteiger partial charge in [-0.2, -0.15) is 5.10 Å². The minimum atomic E-state index is -0.409. The van der Waals surface area contributed by atoms with Crippen molar-refractivity contribution in [1.29, 1.82) is 0 Å². The van der Waals surface area contributed by atoms with Crippen molar-refractivity contribution in [3.8, 4) is 17.2 Å². The Hall–Kier alpha value is -3.75. The summed E-state index contributed by atoms with van der Waals surface area (Å²) in [6.45, 7) is 4.42.